The van der Waals surface area contributed by atoms with E-state index in [2.05, 4.69) is 0 Å². The molecule has 0 radical (unpaired) electrons. The van der Waals surface area contributed by atoms with E-state index in [1.54, 1.807) is 12.3 Å². The summed E-state index contributed by atoms with van der Waals surface area (Å²) in [6.07, 6.45) is 3.57. The number of hydrogen-bond acceptors (Lipinski definition) is 3. The van der Waals surface area contributed by atoms with Crippen LogP contribution < -0.4 is 0 Å². The van der Waals surface area contributed by atoms with Crippen LogP contribution in [0.2, 0.25) is 0 Å². The lowest BCUT2D eigenvalue weighted by molar-refractivity contribution is -0.145. The summed E-state index contributed by atoms with van der Waals surface area (Å²) in [6, 6.07) is 3.60. The first kappa shape index (κ1) is 8.10. The Kier molecular flexibility index (Phi) is 1.93. The van der Waals surface area contributed by atoms with Gasteiger partial charge in [0.1, 0.15) is 5.76 Å². The molecule has 13 heavy (non-hydrogen) atoms. The fraction of sp³-hybridized carbons (Fsp3) is 0.300. The molecule has 0 saturated carbocycles. The summed E-state index contributed by atoms with van der Waals surface area (Å²) < 4.78 is 10.3. The number of cyclic esters (lactones) is 1. The molecule has 2 heterocycles. The van der Waals surface area contributed by atoms with Crippen molar-refractivity contribution in [2.75, 3.05) is 0 Å². The zero-order valence-corrected chi connectivity index (χ0v) is 7.32. The Labute approximate surface area is 76.0 Å². The number of hydrogen-bond donors (Lipinski definition) is 0. The summed E-state index contributed by atoms with van der Waals surface area (Å²) in [7, 11) is 0. The summed E-state index contributed by atoms with van der Waals surface area (Å²) in [6.45, 7) is 1.91. The highest BCUT2D eigenvalue weighted by atomic mass is 16.6. The number of ether oxygens (including phenoxy) is 1. The smallest absolute Gasteiger partial charge is 0.331 e. The Morgan fingerprint density at radius 2 is 2.38 bits per heavy atom. The van der Waals surface area contributed by atoms with Gasteiger partial charge in [-0.15, -0.1) is 0 Å². The Balaban J connectivity index is 2.20. The Bertz CT molecular complexity index is 335. The molecule has 3 nitrogen and oxygen atoms in total. The van der Waals surface area contributed by atoms with E-state index in [0.717, 1.165) is 12.0 Å². The van der Waals surface area contributed by atoms with Gasteiger partial charge >= 0.3 is 5.97 Å². The molecule has 1 aromatic rings. The molecule has 0 aliphatic carbocycles. The first-order chi connectivity index (χ1) is 6.25. The molecule has 1 aliphatic rings. The molecule has 3 heteroatoms. The van der Waals surface area contributed by atoms with Crippen molar-refractivity contribution in [3.8, 4) is 0 Å². The average Bonchev–Trinajstić information content (AvgIpc) is 2.53. The van der Waals surface area contributed by atoms with Crippen molar-refractivity contribution < 1.29 is 13.9 Å². The molecule has 0 spiro atoms. The van der Waals surface area contributed by atoms with E-state index in [0.29, 0.717) is 5.76 Å². The fourth-order valence-electron chi connectivity index (χ4n) is 1.40. The van der Waals surface area contributed by atoms with E-state index in [1.165, 1.54) is 6.08 Å². The molecule has 0 bridgehead atoms. The lowest BCUT2D eigenvalue weighted by Gasteiger charge is -2.19. The van der Waals surface area contributed by atoms with Gasteiger partial charge in [-0.25, -0.2) is 4.79 Å². The summed E-state index contributed by atoms with van der Waals surface area (Å²) in [5.74, 6) is 0.422. The van der Waals surface area contributed by atoms with Crippen molar-refractivity contribution in [1.82, 2.24) is 0 Å². The fourth-order valence-corrected chi connectivity index (χ4v) is 1.40. The first-order valence-corrected chi connectivity index (χ1v) is 4.17. The first-order valence-electron chi connectivity index (χ1n) is 4.17. The van der Waals surface area contributed by atoms with E-state index >= 15 is 0 Å². The standard InChI is InChI=1S/C10H10O3/c1-7-5-9(13-10(11)6-7)8-3-2-4-12-8/h2-4,6,9H,5H2,1H3/t9-/m0/s1. The van der Waals surface area contributed by atoms with Crippen LogP contribution in [0.25, 0.3) is 0 Å². The van der Waals surface area contributed by atoms with Crippen LogP contribution in [0.5, 0.6) is 0 Å². The largest absolute Gasteiger partial charge is 0.465 e. The van der Waals surface area contributed by atoms with Crippen molar-refractivity contribution in [3.63, 3.8) is 0 Å². The zero-order valence-electron chi connectivity index (χ0n) is 7.32. The third-order valence-electron chi connectivity index (χ3n) is 1.99. The van der Waals surface area contributed by atoms with Crippen LogP contribution in [0.4, 0.5) is 0 Å². The zero-order chi connectivity index (χ0) is 9.26. The van der Waals surface area contributed by atoms with Crippen LogP contribution in [0.15, 0.2) is 34.5 Å². The van der Waals surface area contributed by atoms with Crippen LogP contribution >= 0.6 is 0 Å². The van der Waals surface area contributed by atoms with Gasteiger partial charge in [0, 0.05) is 12.5 Å². The highest BCUT2D eigenvalue weighted by molar-refractivity contribution is 5.83. The lowest BCUT2D eigenvalue weighted by atomic mass is 10.1. The number of esters is 1. The maximum Gasteiger partial charge on any atom is 0.331 e. The SMILES string of the molecule is CC1=CC(=O)O[C@H](c2ccco2)C1. The summed E-state index contributed by atoms with van der Waals surface area (Å²) in [5.41, 5.74) is 1.03. The number of furan rings is 1. The van der Waals surface area contributed by atoms with Crippen LogP contribution in [-0.4, -0.2) is 5.97 Å². The molecule has 0 amide bonds. The minimum absolute atomic E-state index is 0.243. The topological polar surface area (TPSA) is 39.4 Å². The Hall–Kier alpha value is -1.51. The molecule has 1 atom stereocenters. The molecule has 2 rings (SSSR count). The van der Waals surface area contributed by atoms with Crippen LogP contribution in [-0.2, 0) is 9.53 Å². The molecule has 1 aromatic heterocycles. The van der Waals surface area contributed by atoms with Gasteiger partial charge in [0.2, 0.25) is 0 Å². The van der Waals surface area contributed by atoms with Crippen molar-refractivity contribution in [1.29, 1.82) is 0 Å². The molecule has 68 valence electrons. The Morgan fingerprint density at radius 3 is 3.00 bits per heavy atom. The molecule has 0 saturated heterocycles. The maximum absolute atomic E-state index is 11.0. The van der Waals surface area contributed by atoms with Crippen LogP contribution in [0.1, 0.15) is 25.2 Å². The lowest BCUT2D eigenvalue weighted by Crippen LogP contribution is -2.14. The molecule has 0 N–H and O–H groups in total. The predicted octanol–water partition coefficient (Wildman–Crippen LogP) is 2.21. The molecule has 0 fully saturated rings. The second-order valence-corrected chi connectivity index (χ2v) is 3.14. The van der Waals surface area contributed by atoms with Gasteiger partial charge < -0.3 is 9.15 Å². The normalized spacial score (nSPS) is 22.4. The van der Waals surface area contributed by atoms with E-state index in [4.69, 9.17) is 9.15 Å². The van der Waals surface area contributed by atoms with E-state index in [9.17, 15) is 4.79 Å². The van der Waals surface area contributed by atoms with Gasteiger partial charge in [-0.05, 0) is 19.1 Å². The average molecular weight is 178 g/mol. The van der Waals surface area contributed by atoms with Crippen LogP contribution in [0.3, 0.4) is 0 Å². The molecule has 1 aliphatic heterocycles. The van der Waals surface area contributed by atoms with E-state index in [1.807, 2.05) is 13.0 Å². The van der Waals surface area contributed by atoms with Gasteiger partial charge in [-0.1, -0.05) is 5.57 Å². The van der Waals surface area contributed by atoms with Crippen molar-refractivity contribution in [3.05, 3.63) is 35.8 Å². The summed E-state index contributed by atoms with van der Waals surface area (Å²) >= 11 is 0. The summed E-state index contributed by atoms with van der Waals surface area (Å²) in [4.78, 5) is 11.0. The third-order valence-corrected chi connectivity index (χ3v) is 1.99. The summed E-state index contributed by atoms with van der Waals surface area (Å²) in [5, 5.41) is 0. The van der Waals surface area contributed by atoms with E-state index < -0.39 is 0 Å². The van der Waals surface area contributed by atoms with Crippen molar-refractivity contribution in [2.24, 2.45) is 0 Å². The molecular formula is C10H10O3. The maximum atomic E-state index is 11.0. The predicted molar refractivity (Wildman–Crippen MR) is 45.9 cm³/mol. The highest BCUT2D eigenvalue weighted by Gasteiger charge is 2.22. The highest BCUT2D eigenvalue weighted by Crippen LogP contribution is 2.28. The number of rotatable bonds is 1. The minimum Gasteiger partial charge on any atom is -0.465 e. The van der Waals surface area contributed by atoms with Gasteiger partial charge in [-0.2, -0.15) is 0 Å². The van der Waals surface area contributed by atoms with Gasteiger partial charge in [0.05, 0.1) is 6.26 Å². The van der Waals surface area contributed by atoms with Crippen molar-refractivity contribution >= 4 is 5.97 Å². The second kappa shape index (κ2) is 3.09. The van der Waals surface area contributed by atoms with Gasteiger partial charge in [-0.3, -0.25) is 0 Å². The second-order valence-electron chi connectivity index (χ2n) is 3.14. The van der Waals surface area contributed by atoms with Crippen LogP contribution in [0, 0.1) is 0 Å². The monoisotopic (exact) mass is 178 g/mol. The minimum atomic E-state index is -0.287. The number of carbonyl (C=O) groups excluding carboxylic acids is 1. The number of carbonyl (C=O) groups is 1. The Morgan fingerprint density at radius 1 is 1.54 bits per heavy atom. The van der Waals surface area contributed by atoms with Gasteiger partial charge in [0.25, 0.3) is 0 Å². The van der Waals surface area contributed by atoms with E-state index in [-0.39, 0.29) is 12.1 Å². The third kappa shape index (κ3) is 1.64. The molecule has 0 aromatic carbocycles. The van der Waals surface area contributed by atoms with Gasteiger partial charge in [0.15, 0.2) is 6.10 Å². The molecular weight excluding hydrogens is 168 g/mol. The quantitative estimate of drug-likeness (QED) is 0.619. The van der Waals surface area contributed by atoms with Crippen molar-refractivity contribution in [2.45, 2.75) is 19.4 Å². The molecule has 0 unspecified atom stereocenters.